The minimum atomic E-state index is -0.734. The fourth-order valence-electron chi connectivity index (χ4n) is 4.03. The van der Waals surface area contributed by atoms with Crippen molar-refractivity contribution in [3.63, 3.8) is 0 Å². The molecule has 32 heavy (non-hydrogen) atoms. The topological polar surface area (TPSA) is 98.1 Å². The molecule has 0 unspecified atom stereocenters. The fourth-order valence-corrected chi connectivity index (χ4v) is 4.03. The first kappa shape index (κ1) is 23.2. The van der Waals surface area contributed by atoms with Crippen LogP contribution >= 0.6 is 0 Å². The lowest BCUT2D eigenvalue weighted by Gasteiger charge is -2.34. The van der Waals surface area contributed by atoms with Gasteiger partial charge in [-0.05, 0) is 56.0 Å². The third kappa shape index (κ3) is 5.82. The molecular weight excluding hydrogens is 409 g/mol. The van der Waals surface area contributed by atoms with E-state index in [1.165, 1.54) is 19.1 Å². The lowest BCUT2D eigenvalue weighted by Crippen LogP contribution is -2.52. The van der Waals surface area contributed by atoms with Gasteiger partial charge in [-0.2, -0.15) is 5.26 Å². The van der Waals surface area contributed by atoms with E-state index in [1.807, 2.05) is 19.9 Å². The van der Waals surface area contributed by atoms with Crippen LogP contribution in [0.1, 0.15) is 42.1 Å². The molecular formula is C24H28FN5O2. The van der Waals surface area contributed by atoms with Crippen molar-refractivity contribution in [1.29, 1.82) is 5.26 Å². The molecule has 7 nitrogen and oxygen atoms in total. The van der Waals surface area contributed by atoms with Crippen molar-refractivity contribution in [3.8, 4) is 6.07 Å². The Morgan fingerprint density at radius 3 is 2.50 bits per heavy atom. The summed E-state index contributed by atoms with van der Waals surface area (Å²) in [5.74, 6) is -0.210. The molecule has 1 fully saturated rings. The Kier molecular flexibility index (Phi) is 7.41. The van der Waals surface area contributed by atoms with E-state index in [-0.39, 0.29) is 30.1 Å². The van der Waals surface area contributed by atoms with Crippen molar-refractivity contribution in [2.24, 2.45) is 0 Å². The monoisotopic (exact) mass is 437 g/mol. The van der Waals surface area contributed by atoms with Gasteiger partial charge in [0.25, 0.3) is 0 Å². The number of nitrogens with one attached hydrogen (secondary N) is 2. The molecule has 0 radical (unpaired) electrons. The highest BCUT2D eigenvalue weighted by molar-refractivity contribution is 5.87. The number of aryl methyl sites for hydroxylation is 2. The molecule has 1 saturated heterocycles. The highest BCUT2D eigenvalue weighted by atomic mass is 19.1. The Bertz CT molecular complexity index is 1020. The second kappa shape index (κ2) is 10.2. The Hall–Kier alpha value is -3.47. The van der Waals surface area contributed by atoms with Crippen molar-refractivity contribution < 1.29 is 14.0 Å². The van der Waals surface area contributed by atoms with Gasteiger partial charge in [0.15, 0.2) is 0 Å². The molecule has 0 aliphatic carbocycles. The minimum absolute atomic E-state index is 0.0420. The normalized spacial score (nSPS) is 15.0. The number of hydrogen-bond donors (Lipinski definition) is 2. The molecule has 2 amide bonds. The second-order valence-electron chi connectivity index (χ2n) is 8.24. The molecule has 1 aromatic heterocycles. The van der Waals surface area contributed by atoms with Crippen LogP contribution in [0.15, 0.2) is 30.3 Å². The molecule has 0 spiro atoms. The van der Waals surface area contributed by atoms with Crippen LogP contribution in [0.3, 0.4) is 0 Å². The molecule has 3 rings (SSSR count). The number of anilines is 1. The smallest absolute Gasteiger partial charge is 0.243 e. The molecule has 0 bridgehead atoms. The Morgan fingerprint density at radius 2 is 1.91 bits per heavy atom. The third-order valence-electron chi connectivity index (χ3n) is 5.63. The van der Waals surface area contributed by atoms with E-state index in [0.29, 0.717) is 37.3 Å². The Morgan fingerprint density at radius 1 is 1.25 bits per heavy atom. The van der Waals surface area contributed by atoms with Crippen LogP contribution in [0.25, 0.3) is 0 Å². The van der Waals surface area contributed by atoms with E-state index in [9.17, 15) is 19.2 Å². The molecule has 1 aliphatic heterocycles. The average Bonchev–Trinajstić information content (AvgIpc) is 2.74. The molecule has 168 valence electrons. The van der Waals surface area contributed by atoms with Crippen LogP contribution < -0.4 is 15.5 Å². The largest absolute Gasteiger partial charge is 0.355 e. The number of nitriles is 1. The van der Waals surface area contributed by atoms with E-state index < -0.39 is 6.04 Å². The maximum atomic E-state index is 13.2. The van der Waals surface area contributed by atoms with Crippen molar-refractivity contribution in [2.45, 2.75) is 52.1 Å². The molecule has 2 aromatic rings. The number of amides is 2. The van der Waals surface area contributed by atoms with Crippen LogP contribution in [-0.2, 0) is 16.0 Å². The number of nitrogens with zero attached hydrogens (tertiary/aromatic N) is 3. The van der Waals surface area contributed by atoms with Gasteiger partial charge >= 0.3 is 0 Å². The van der Waals surface area contributed by atoms with E-state index in [4.69, 9.17) is 0 Å². The van der Waals surface area contributed by atoms with Gasteiger partial charge in [-0.3, -0.25) is 9.59 Å². The SMILES string of the molecule is CC(=O)N[C@@H](Cc1ccc(F)cc1)C(=O)NC1CCN(c2nc(C)cc(C)c2C#N)CC1. The second-order valence-corrected chi connectivity index (χ2v) is 8.24. The van der Waals surface area contributed by atoms with Gasteiger partial charge in [-0.15, -0.1) is 0 Å². The maximum absolute atomic E-state index is 13.2. The van der Waals surface area contributed by atoms with Gasteiger partial charge in [0.1, 0.15) is 23.7 Å². The number of pyridine rings is 1. The van der Waals surface area contributed by atoms with Crippen LogP contribution in [0, 0.1) is 31.0 Å². The zero-order valence-electron chi connectivity index (χ0n) is 18.6. The highest BCUT2D eigenvalue weighted by Gasteiger charge is 2.27. The number of hydrogen-bond acceptors (Lipinski definition) is 5. The predicted molar refractivity (Wildman–Crippen MR) is 120 cm³/mol. The summed E-state index contributed by atoms with van der Waals surface area (Å²) in [4.78, 5) is 31.2. The van der Waals surface area contributed by atoms with E-state index in [1.54, 1.807) is 12.1 Å². The van der Waals surface area contributed by atoms with Crippen molar-refractivity contribution in [1.82, 2.24) is 15.6 Å². The van der Waals surface area contributed by atoms with Gasteiger partial charge < -0.3 is 15.5 Å². The van der Waals surface area contributed by atoms with Crippen LogP contribution in [0.5, 0.6) is 0 Å². The zero-order chi connectivity index (χ0) is 23.3. The molecule has 1 aliphatic rings. The average molecular weight is 438 g/mol. The van der Waals surface area contributed by atoms with Gasteiger partial charge in [0.2, 0.25) is 11.8 Å². The predicted octanol–water partition coefficient (Wildman–Crippen LogP) is 2.54. The number of carbonyl (C=O) groups is 2. The molecule has 0 saturated carbocycles. The number of rotatable bonds is 6. The number of benzene rings is 1. The first-order valence-electron chi connectivity index (χ1n) is 10.7. The molecule has 2 N–H and O–H groups in total. The van der Waals surface area contributed by atoms with Crippen molar-refractivity contribution in [2.75, 3.05) is 18.0 Å². The summed E-state index contributed by atoms with van der Waals surface area (Å²) in [6.07, 6.45) is 1.69. The maximum Gasteiger partial charge on any atom is 0.243 e. The highest BCUT2D eigenvalue weighted by Crippen LogP contribution is 2.25. The summed E-state index contributed by atoms with van der Waals surface area (Å²) in [6, 6.07) is 9.28. The summed E-state index contributed by atoms with van der Waals surface area (Å²) >= 11 is 0. The number of halogens is 1. The lowest BCUT2D eigenvalue weighted by atomic mass is 10.0. The van der Waals surface area contributed by atoms with Crippen LogP contribution in [-0.4, -0.2) is 42.0 Å². The zero-order valence-corrected chi connectivity index (χ0v) is 18.6. The summed E-state index contributed by atoms with van der Waals surface area (Å²) in [5, 5.41) is 15.3. The standard InChI is InChI=1S/C24H28FN5O2/c1-15-12-16(2)27-23(21(15)14-26)30-10-8-20(9-11-30)29-24(32)22(28-17(3)31)13-18-4-6-19(25)7-5-18/h4-7,12,20,22H,8-11,13H2,1-3H3,(H,28,31)(H,29,32)/t22-/m0/s1. The first-order chi connectivity index (χ1) is 15.3. The summed E-state index contributed by atoms with van der Waals surface area (Å²) in [6.45, 7) is 6.52. The molecule has 8 heteroatoms. The summed E-state index contributed by atoms with van der Waals surface area (Å²) < 4.78 is 13.2. The molecule has 1 atom stereocenters. The van der Waals surface area contributed by atoms with Gasteiger partial charge in [0.05, 0.1) is 5.56 Å². The van der Waals surface area contributed by atoms with Crippen molar-refractivity contribution >= 4 is 17.6 Å². The summed E-state index contributed by atoms with van der Waals surface area (Å²) in [7, 11) is 0. The summed E-state index contributed by atoms with van der Waals surface area (Å²) in [5.41, 5.74) is 3.12. The van der Waals surface area contributed by atoms with E-state index in [2.05, 4.69) is 26.6 Å². The van der Waals surface area contributed by atoms with Gasteiger partial charge in [-0.1, -0.05) is 12.1 Å². The number of aromatic nitrogens is 1. The Labute approximate surface area is 187 Å². The van der Waals surface area contributed by atoms with Crippen molar-refractivity contribution in [3.05, 3.63) is 58.5 Å². The van der Waals surface area contributed by atoms with Crippen LogP contribution in [0.4, 0.5) is 10.2 Å². The fraction of sp³-hybridized carbons (Fsp3) is 0.417. The Balaban J connectivity index is 1.62. The van der Waals surface area contributed by atoms with Gasteiger partial charge in [0, 0.05) is 38.2 Å². The van der Waals surface area contributed by atoms with E-state index in [0.717, 1.165) is 16.8 Å². The third-order valence-corrected chi connectivity index (χ3v) is 5.63. The first-order valence-corrected chi connectivity index (χ1v) is 10.7. The molecule has 1 aromatic carbocycles. The van der Waals surface area contributed by atoms with E-state index >= 15 is 0 Å². The number of piperidine rings is 1. The van der Waals surface area contributed by atoms with Gasteiger partial charge in [-0.25, -0.2) is 9.37 Å². The number of carbonyl (C=O) groups excluding carboxylic acids is 2. The van der Waals surface area contributed by atoms with Crippen LogP contribution in [0.2, 0.25) is 0 Å². The minimum Gasteiger partial charge on any atom is -0.355 e. The quantitative estimate of drug-likeness (QED) is 0.724. The lowest BCUT2D eigenvalue weighted by molar-refractivity contribution is -0.128. The molecule has 2 heterocycles.